The number of aromatic hydroxyl groups is 2. The third-order valence-electron chi connectivity index (χ3n) is 28.7. The van der Waals surface area contributed by atoms with Gasteiger partial charge < -0.3 is 40.7 Å². The number of aryl methyl sites for hydroxylation is 1. The number of aliphatic imine (C=N–C) groups is 1. The second-order valence-corrected chi connectivity index (χ2v) is 34.8. The second-order valence-electron chi connectivity index (χ2n) is 32.2. The van der Waals surface area contributed by atoms with E-state index in [1.54, 1.807) is 6.92 Å². The van der Waals surface area contributed by atoms with Gasteiger partial charge in [0.1, 0.15) is 21.8 Å². The van der Waals surface area contributed by atoms with Crippen LogP contribution in [0.3, 0.4) is 0 Å². The summed E-state index contributed by atoms with van der Waals surface area (Å²) in [7, 11) is 4.31. The predicted octanol–water partition coefficient (Wildman–Crippen LogP) is 15.8. The van der Waals surface area contributed by atoms with E-state index in [1.807, 2.05) is 17.0 Å². The Bertz CT molecular complexity index is 3270. The van der Waals surface area contributed by atoms with Crippen molar-refractivity contribution in [3.05, 3.63) is 101 Å². The van der Waals surface area contributed by atoms with Gasteiger partial charge in [0.05, 0.1) is 6.10 Å². The first-order valence-electron chi connectivity index (χ1n) is 35.8. The van der Waals surface area contributed by atoms with E-state index >= 15 is 4.79 Å². The van der Waals surface area contributed by atoms with E-state index in [0.29, 0.717) is 91.9 Å². The van der Waals surface area contributed by atoms with Gasteiger partial charge in [0, 0.05) is 78.9 Å². The molecule has 10 fully saturated rings. The van der Waals surface area contributed by atoms with Crippen LogP contribution in [-0.4, -0.2) is 79.1 Å². The summed E-state index contributed by atoms with van der Waals surface area (Å²) in [5.74, 6) is 4.90. The Balaban J connectivity index is 0.792. The minimum Gasteiger partial charge on any atom is -0.508 e. The molecule has 11 nitrogen and oxygen atoms in total. The summed E-state index contributed by atoms with van der Waals surface area (Å²) >= 11 is 0. The number of nitrogens with two attached hydrogens (primary N) is 1. The Kier molecular flexibility index (Phi) is 15.0. The van der Waals surface area contributed by atoms with Crippen molar-refractivity contribution in [2.24, 2.45) is 67.4 Å². The molecule has 6 aliphatic heterocycles. The number of nitrogens with one attached hydrogen (secondary N) is 1. The molecule has 3 aromatic rings. The number of aliphatic hydroxyl groups excluding tert-OH is 1. The number of amides is 1. The molecule has 478 valence electrons. The Morgan fingerprint density at radius 1 is 0.764 bits per heavy atom. The lowest BCUT2D eigenvalue weighted by atomic mass is 9.45. The molecular weight excluding hydrogens is 1140 g/mol. The summed E-state index contributed by atoms with van der Waals surface area (Å²) < 4.78 is 14.0. The van der Waals surface area contributed by atoms with Crippen molar-refractivity contribution in [3.8, 4) is 17.2 Å². The van der Waals surface area contributed by atoms with Gasteiger partial charge in [-0.25, -0.2) is 0 Å². The van der Waals surface area contributed by atoms with Crippen molar-refractivity contribution in [1.29, 1.82) is 0 Å². The number of benzene rings is 3. The molecule has 19 rings (SSSR count). The van der Waals surface area contributed by atoms with Gasteiger partial charge in [-0.1, -0.05) is 95.8 Å². The van der Waals surface area contributed by atoms with E-state index in [4.69, 9.17) is 20.2 Å². The van der Waals surface area contributed by atoms with Crippen LogP contribution in [0.4, 0.5) is 0 Å². The first-order chi connectivity index (χ1) is 43.1. The van der Waals surface area contributed by atoms with Crippen LogP contribution >= 0.6 is 21.6 Å². The summed E-state index contributed by atoms with van der Waals surface area (Å²) in [4.78, 5) is 35.9. The number of allylic oxidation sites excluding steroid dienone is 1. The van der Waals surface area contributed by atoms with Crippen molar-refractivity contribution >= 4 is 39.4 Å². The molecule has 89 heavy (non-hydrogen) atoms. The van der Waals surface area contributed by atoms with Crippen LogP contribution in [0.5, 0.6) is 17.2 Å². The minimum absolute atomic E-state index is 0.0718. The van der Waals surface area contributed by atoms with Gasteiger partial charge in [0.25, 0.3) is 0 Å². The molecule has 9 saturated carbocycles. The minimum atomic E-state index is -0.847. The van der Waals surface area contributed by atoms with Crippen molar-refractivity contribution in [1.82, 2.24) is 10.2 Å². The van der Waals surface area contributed by atoms with Crippen LogP contribution in [0.1, 0.15) is 245 Å². The maximum atomic E-state index is 15.1. The number of guanidine groups is 1. The second kappa shape index (κ2) is 22.4. The van der Waals surface area contributed by atoms with Gasteiger partial charge in [-0.2, -0.15) is 0 Å². The number of rotatable bonds is 3. The molecule has 7 spiro atoms. The van der Waals surface area contributed by atoms with Crippen LogP contribution in [-0.2, 0) is 27.3 Å². The molecular formula is C76H100N4O7S2. The van der Waals surface area contributed by atoms with E-state index in [2.05, 4.69) is 87.6 Å². The molecule has 16 aliphatic rings. The third-order valence-corrected chi connectivity index (χ3v) is 32.0. The molecule has 0 radical (unpaired) electrons. The highest BCUT2D eigenvalue weighted by molar-refractivity contribution is 8.77. The number of fused-ring (bicyclic) bond motifs is 2. The fraction of sp³-hybridized carbons (Fsp3) is 0.697. The van der Waals surface area contributed by atoms with Crippen molar-refractivity contribution in [3.63, 3.8) is 0 Å². The highest BCUT2D eigenvalue weighted by Gasteiger charge is 2.72. The highest BCUT2D eigenvalue weighted by Crippen LogP contribution is 2.80. The maximum absolute atomic E-state index is 15.1. The number of hydrogen-bond acceptors (Lipinski definition) is 12. The van der Waals surface area contributed by atoms with Gasteiger partial charge in [-0.05, 0) is 253 Å². The van der Waals surface area contributed by atoms with Gasteiger partial charge in [0.15, 0.2) is 17.5 Å². The molecule has 0 unspecified atom stereocenters. The molecule has 10 bridgehead atoms. The topological polar surface area (TPSA) is 167 Å². The smallest absolute Gasteiger partial charge is 0.303 e. The zero-order chi connectivity index (χ0) is 60.6. The zero-order valence-corrected chi connectivity index (χ0v) is 54.8. The number of phenols is 2. The molecule has 0 aromatic heterocycles. The molecule has 6 N–H and O–H groups in total. The lowest BCUT2D eigenvalue weighted by molar-refractivity contribution is -0.173. The summed E-state index contributed by atoms with van der Waals surface area (Å²) in [5.41, 5.74) is 12.1. The predicted molar refractivity (Wildman–Crippen MR) is 354 cm³/mol. The van der Waals surface area contributed by atoms with Crippen molar-refractivity contribution in [2.75, 3.05) is 18.8 Å². The summed E-state index contributed by atoms with van der Waals surface area (Å²) in [5, 5.41) is 40.5. The lowest BCUT2D eigenvalue weighted by Crippen LogP contribution is -2.56. The number of hydrogen-bond donors (Lipinski definition) is 5. The van der Waals surface area contributed by atoms with Gasteiger partial charge >= 0.3 is 5.97 Å². The first-order valence-corrected chi connectivity index (χ1v) is 38.1. The van der Waals surface area contributed by atoms with Gasteiger partial charge in [0.2, 0.25) is 5.91 Å². The number of phenolic OH excluding ortho intramolecular Hbond substituents is 2. The van der Waals surface area contributed by atoms with E-state index in [1.165, 1.54) is 120 Å². The SMILES string of the molecule is CC(=O)O[C@@]12CCc3cc(c(O)c4c3[C@H]3C=C[C@@]5(CCC[C@H]5C3)O4)CN3C[C@]4(CC3=O)[C@H](CC[C@@H]4c3ccccc3)CN=C(N)N[C@]3(CCCC34CCCC4)SSC[C@@H]3CC[C@H](C[C@@]34CC[C@@]3(CC[C@H](c5ccc(O)cc5)C3)C43CCCC3)[C@H](CC1)[C@H](O)C2. The quantitative estimate of drug-likeness (QED) is 0.0962. The molecule has 10 aliphatic carbocycles. The standard InChI is InChI=1S/C76H100N4O7S2/c1-49(81)86-71-34-23-52-39-56(66(85)67-65(52)53-24-36-74(87-67)29-9-13-57(74)40-53)46-80-48-72(44-64(80)84)58(18-21-62(72)51-11-3-2-4-12-51)45-78-68(77)79-76(32-10-28-69(76)26-5-6-27-69)89-88-47-59-17-14-55(61(25-35-71)63(83)43-71)42-73(59)38-37-70(75(73)30-7-8-31-75)33-22-54(41-70)50-15-19-60(82)20-16-50/h2-4,11-12,15-16,19-20,24,36,39,53-55,57-59,61-63,82-83,85H,5-10,13-14,17-18,21-23,25-35,37-38,40-48H2,1H3,(H3,77,78,79)/t53-,54-,55+,57-,58+,59-,61-,62+,63+,70+,71-,72+,73-,74+,76+/m0/s1. The number of esters is 1. The first kappa shape index (κ1) is 59.7. The average molecular weight is 1250 g/mol. The van der Waals surface area contributed by atoms with E-state index in [0.717, 1.165) is 74.7 Å². The molecule has 6 heterocycles. The number of aliphatic hydroxyl groups is 1. The fourth-order valence-electron chi connectivity index (χ4n) is 24.8. The Morgan fingerprint density at radius 3 is 2.37 bits per heavy atom. The largest absolute Gasteiger partial charge is 0.508 e. The molecule has 1 amide bonds. The van der Waals surface area contributed by atoms with Crippen LogP contribution < -0.4 is 15.8 Å². The van der Waals surface area contributed by atoms with Crippen LogP contribution in [0.2, 0.25) is 0 Å². The number of nitrogens with zero attached hydrogens (tertiary/aromatic N) is 2. The number of ether oxygens (including phenoxy) is 2. The average Bonchev–Trinajstić information content (AvgIpc) is 1.56. The van der Waals surface area contributed by atoms with Crippen LogP contribution in [0.25, 0.3) is 0 Å². The Labute approximate surface area is 537 Å². The summed E-state index contributed by atoms with van der Waals surface area (Å²) in [6.07, 6.45) is 37.1. The summed E-state index contributed by atoms with van der Waals surface area (Å²) in [6, 6.07) is 21.3. The van der Waals surface area contributed by atoms with E-state index < -0.39 is 17.3 Å². The molecule has 15 atom stereocenters. The Hall–Kier alpha value is -4.33. The van der Waals surface area contributed by atoms with Crippen molar-refractivity contribution in [2.45, 2.75) is 252 Å². The van der Waals surface area contributed by atoms with E-state index in [-0.39, 0.29) is 79.8 Å². The lowest BCUT2D eigenvalue weighted by Gasteiger charge is -2.60. The van der Waals surface area contributed by atoms with E-state index in [9.17, 15) is 20.1 Å². The normalized spacial score (nSPS) is 41.1. The van der Waals surface area contributed by atoms with Crippen molar-refractivity contribution < 1.29 is 34.4 Å². The Morgan fingerprint density at radius 2 is 1.56 bits per heavy atom. The monoisotopic (exact) mass is 1240 g/mol. The molecule has 13 heteroatoms. The zero-order valence-electron chi connectivity index (χ0n) is 53.1. The van der Waals surface area contributed by atoms with Gasteiger partial charge in [-0.15, -0.1) is 0 Å². The fourth-order valence-corrected chi connectivity index (χ4v) is 28.8. The van der Waals surface area contributed by atoms with Gasteiger partial charge in [-0.3, -0.25) is 14.6 Å². The third kappa shape index (κ3) is 9.48. The molecule has 3 aromatic carbocycles. The molecule has 1 saturated heterocycles. The van der Waals surface area contributed by atoms with Crippen LogP contribution in [0.15, 0.2) is 77.8 Å². The summed E-state index contributed by atoms with van der Waals surface area (Å²) in [6.45, 7) is 2.95. The maximum Gasteiger partial charge on any atom is 0.303 e. The van der Waals surface area contributed by atoms with Crippen LogP contribution in [0, 0.1) is 56.7 Å². The highest BCUT2D eigenvalue weighted by atomic mass is 33.1. The number of carbonyl (C=O) groups excluding carboxylic acids is 2. The number of carbonyl (C=O) groups is 2.